The zero-order valence-electron chi connectivity index (χ0n) is 17.2. The lowest BCUT2D eigenvalue weighted by atomic mass is 9.75. The van der Waals surface area contributed by atoms with Gasteiger partial charge in [0.1, 0.15) is 0 Å². The van der Waals surface area contributed by atoms with E-state index >= 15 is 0 Å². The van der Waals surface area contributed by atoms with Crippen molar-refractivity contribution in [3.8, 4) is 0 Å². The number of nitrogens with zero attached hydrogens (tertiary/aromatic N) is 3. The van der Waals surface area contributed by atoms with Crippen LogP contribution in [0.5, 0.6) is 0 Å². The minimum atomic E-state index is -0.317. The lowest BCUT2D eigenvalue weighted by Crippen LogP contribution is -2.45. The van der Waals surface area contributed by atoms with E-state index < -0.39 is 0 Å². The smallest absolute Gasteiger partial charge is 0.400 e. The predicted octanol–water partition coefficient (Wildman–Crippen LogP) is 2.25. The van der Waals surface area contributed by atoms with E-state index in [-0.39, 0.29) is 24.4 Å². The molecule has 3 aliphatic rings. The fourth-order valence-corrected chi connectivity index (χ4v) is 3.94. The van der Waals surface area contributed by atoms with Gasteiger partial charge in [-0.3, -0.25) is 0 Å². The van der Waals surface area contributed by atoms with Crippen molar-refractivity contribution in [1.29, 1.82) is 0 Å². The predicted molar refractivity (Wildman–Crippen MR) is 104 cm³/mol. The van der Waals surface area contributed by atoms with Crippen molar-refractivity contribution in [2.75, 3.05) is 46.8 Å². The number of urea groups is 1. The summed E-state index contributed by atoms with van der Waals surface area (Å²) in [6, 6.07) is 0.176. The molecular formula is C19H34BN3O3. The fourth-order valence-electron chi connectivity index (χ4n) is 3.94. The fraction of sp³-hybridized carbons (Fsp3) is 0.842. The maximum Gasteiger partial charge on any atom is 0.490 e. The van der Waals surface area contributed by atoms with Crippen molar-refractivity contribution in [3.63, 3.8) is 0 Å². The lowest BCUT2D eigenvalue weighted by Gasteiger charge is -2.32. The monoisotopic (exact) mass is 363 g/mol. The highest BCUT2D eigenvalue weighted by molar-refractivity contribution is 6.54. The van der Waals surface area contributed by atoms with Gasteiger partial charge in [0.15, 0.2) is 0 Å². The average Bonchev–Trinajstić information content (AvgIpc) is 3.08. The lowest BCUT2D eigenvalue weighted by molar-refractivity contribution is 0.00578. The summed E-state index contributed by atoms with van der Waals surface area (Å²) in [7, 11) is 3.91. The van der Waals surface area contributed by atoms with E-state index in [1.165, 1.54) is 5.47 Å². The van der Waals surface area contributed by atoms with Gasteiger partial charge in [-0.05, 0) is 66.0 Å². The largest absolute Gasteiger partial charge is 0.490 e. The normalized spacial score (nSPS) is 28.0. The number of carbonyl (C=O) groups is 1. The van der Waals surface area contributed by atoms with E-state index in [1.54, 1.807) is 0 Å². The Balaban J connectivity index is 1.54. The van der Waals surface area contributed by atoms with Crippen molar-refractivity contribution in [1.82, 2.24) is 14.7 Å². The van der Waals surface area contributed by atoms with Crippen molar-refractivity contribution in [3.05, 3.63) is 11.5 Å². The Morgan fingerprint density at radius 3 is 2.38 bits per heavy atom. The second kappa shape index (κ2) is 7.17. The van der Waals surface area contributed by atoms with E-state index in [9.17, 15) is 4.79 Å². The van der Waals surface area contributed by atoms with Crippen LogP contribution in [-0.2, 0) is 9.31 Å². The Morgan fingerprint density at radius 1 is 1.19 bits per heavy atom. The molecule has 3 rings (SSSR count). The summed E-state index contributed by atoms with van der Waals surface area (Å²) in [6.45, 7) is 12.5. The van der Waals surface area contributed by atoms with Gasteiger partial charge in [0, 0.05) is 32.7 Å². The van der Waals surface area contributed by atoms with Crippen LogP contribution in [0.4, 0.5) is 4.79 Å². The molecule has 3 heterocycles. The maximum atomic E-state index is 12.8. The molecule has 0 radical (unpaired) electrons. The van der Waals surface area contributed by atoms with Crippen LogP contribution < -0.4 is 0 Å². The summed E-state index contributed by atoms with van der Waals surface area (Å²) in [4.78, 5) is 19.0. The van der Waals surface area contributed by atoms with Gasteiger partial charge in [-0.1, -0.05) is 6.08 Å². The minimum absolute atomic E-state index is 0.176. The molecule has 0 spiro atoms. The van der Waals surface area contributed by atoms with Crippen LogP contribution in [-0.4, -0.2) is 85.9 Å². The molecule has 3 aliphatic heterocycles. The maximum absolute atomic E-state index is 12.8. The summed E-state index contributed by atoms with van der Waals surface area (Å²) in [6.07, 6.45) is 4.04. The van der Waals surface area contributed by atoms with E-state index in [4.69, 9.17) is 9.31 Å². The number of hydrogen-bond donors (Lipinski definition) is 0. The zero-order chi connectivity index (χ0) is 19.1. The van der Waals surface area contributed by atoms with Crippen molar-refractivity contribution in [2.24, 2.45) is 5.92 Å². The molecule has 1 unspecified atom stereocenters. The molecule has 26 heavy (non-hydrogen) atoms. The van der Waals surface area contributed by atoms with E-state index in [2.05, 4.69) is 52.8 Å². The standard InChI is InChI=1S/C19H34BN3O3/c1-18(2)19(3,4)26-20(25-18)16-8-11-22(12-9-16)17(24)23-10-7-15(14-23)13-21(5)6/h8,15H,7,9-14H2,1-6H3. The average molecular weight is 363 g/mol. The summed E-state index contributed by atoms with van der Waals surface area (Å²) in [5.74, 6) is 0.592. The van der Waals surface area contributed by atoms with Crippen LogP contribution in [0, 0.1) is 5.92 Å². The first-order chi connectivity index (χ1) is 12.1. The molecule has 146 valence electrons. The van der Waals surface area contributed by atoms with Crippen LogP contribution in [0.25, 0.3) is 0 Å². The molecule has 2 saturated heterocycles. The third-order valence-corrected chi connectivity index (χ3v) is 6.25. The highest BCUT2D eigenvalue weighted by Crippen LogP contribution is 2.39. The van der Waals surface area contributed by atoms with Gasteiger partial charge < -0.3 is 24.0 Å². The van der Waals surface area contributed by atoms with Gasteiger partial charge in [0.05, 0.1) is 11.2 Å². The van der Waals surface area contributed by atoms with Crippen LogP contribution in [0.2, 0.25) is 0 Å². The number of amides is 2. The van der Waals surface area contributed by atoms with Crippen LogP contribution >= 0.6 is 0 Å². The highest BCUT2D eigenvalue weighted by atomic mass is 16.7. The van der Waals surface area contributed by atoms with Crippen LogP contribution in [0.1, 0.15) is 40.5 Å². The number of rotatable bonds is 3. The van der Waals surface area contributed by atoms with Gasteiger partial charge in [-0.2, -0.15) is 0 Å². The second-order valence-corrected chi connectivity index (χ2v) is 9.21. The first-order valence-corrected chi connectivity index (χ1v) is 9.82. The van der Waals surface area contributed by atoms with Crippen molar-refractivity contribution < 1.29 is 14.1 Å². The molecule has 0 aliphatic carbocycles. The Morgan fingerprint density at radius 2 is 1.85 bits per heavy atom. The highest BCUT2D eigenvalue weighted by Gasteiger charge is 2.52. The number of likely N-dealkylation sites (tertiary alicyclic amines) is 1. The van der Waals surface area contributed by atoms with Gasteiger partial charge >= 0.3 is 13.1 Å². The molecule has 0 aromatic heterocycles. The Labute approximate surface area is 158 Å². The van der Waals surface area contributed by atoms with E-state index in [0.717, 1.165) is 39.0 Å². The Bertz CT molecular complexity index is 560. The summed E-state index contributed by atoms with van der Waals surface area (Å²) in [5, 5.41) is 0. The first kappa shape index (κ1) is 19.7. The second-order valence-electron chi connectivity index (χ2n) is 9.21. The van der Waals surface area contributed by atoms with Gasteiger partial charge in [0.25, 0.3) is 0 Å². The third-order valence-electron chi connectivity index (χ3n) is 6.25. The van der Waals surface area contributed by atoms with E-state index in [0.29, 0.717) is 12.5 Å². The molecular weight excluding hydrogens is 329 g/mol. The van der Waals surface area contributed by atoms with E-state index in [1.807, 2.05) is 9.80 Å². The minimum Gasteiger partial charge on any atom is -0.400 e. The summed E-state index contributed by atoms with van der Waals surface area (Å²) in [5.41, 5.74) is 0.532. The van der Waals surface area contributed by atoms with Gasteiger partial charge in [0.2, 0.25) is 0 Å². The topological polar surface area (TPSA) is 45.2 Å². The molecule has 7 heteroatoms. The van der Waals surface area contributed by atoms with Crippen LogP contribution in [0.3, 0.4) is 0 Å². The number of carbonyl (C=O) groups excluding carboxylic acids is 1. The first-order valence-electron chi connectivity index (χ1n) is 9.82. The molecule has 2 fully saturated rings. The number of hydrogen-bond acceptors (Lipinski definition) is 4. The third kappa shape index (κ3) is 3.95. The van der Waals surface area contributed by atoms with Crippen molar-refractivity contribution in [2.45, 2.75) is 51.7 Å². The quantitative estimate of drug-likeness (QED) is 0.722. The molecule has 0 aromatic rings. The Kier molecular flexibility index (Phi) is 5.44. The molecule has 0 aromatic carbocycles. The summed E-state index contributed by atoms with van der Waals surface area (Å²) < 4.78 is 12.3. The molecule has 0 saturated carbocycles. The Hall–Kier alpha value is -1.05. The van der Waals surface area contributed by atoms with Crippen molar-refractivity contribution >= 4 is 13.1 Å². The molecule has 1 atom stereocenters. The molecule has 0 N–H and O–H groups in total. The molecule has 6 nitrogen and oxygen atoms in total. The SMILES string of the molecule is CN(C)CC1CCN(C(=O)N2CC=C(B3OC(C)(C)C(C)(C)O3)CC2)C1. The zero-order valence-corrected chi connectivity index (χ0v) is 17.2. The summed E-state index contributed by atoms with van der Waals surface area (Å²) >= 11 is 0. The van der Waals surface area contributed by atoms with Gasteiger partial charge in [-0.15, -0.1) is 0 Å². The van der Waals surface area contributed by atoms with Crippen LogP contribution in [0.15, 0.2) is 11.5 Å². The molecule has 0 bridgehead atoms. The molecule has 2 amide bonds. The van der Waals surface area contributed by atoms with Gasteiger partial charge in [-0.25, -0.2) is 4.79 Å².